The number of nitrogens with one attached hydrogen (secondary N) is 1. The average molecular weight is 363 g/mol. The van der Waals surface area contributed by atoms with Crippen LogP contribution in [0, 0.1) is 33.3 Å². The Bertz CT molecular complexity index is 698. The number of nitro benzene ring substituents is 1. The van der Waals surface area contributed by atoms with E-state index in [2.05, 4.69) is 12.2 Å². The average Bonchev–Trinajstić information content (AvgIpc) is 2.53. The maximum Gasteiger partial charge on any atom is 0.283 e. The number of amides is 1. The van der Waals surface area contributed by atoms with E-state index in [1.165, 1.54) is 56.7 Å². The molecule has 0 saturated heterocycles. The normalized spacial score (nSPS) is 33.9. The quantitative estimate of drug-likeness (QED) is 0.629. The minimum Gasteiger partial charge on any atom is -0.349 e. The Morgan fingerprint density at radius 3 is 2.32 bits per heavy atom. The third-order valence-electron chi connectivity index (χ3n) is 6.75. The molecule has 0 radical (unpaired) electrons. The van der Waals surface area contributed by atoms with Gasteiger partial charge in [-0.3, -0.25) is 14.9 Å². The predicted octanol–water partition coefficient (Wildman–Crippen LogP) is 4.58. The van der Waals surface area contributed by atoms with Crippen molar-refractivity contribution in [1.29, 1.82) is 0 Å². The van der Waals surface area contributed by atoms with E-state index in [-0.39, 0.29) is 33.6 Å². The molecule has 1 amide bonds. The Balaban J connectivity index is 1.54. The summed E-state index contributed by atoms with van der Waals surface area (Å²) < 4.78 is 0. The van der Waals surface area contributed by atoms with Gasteiger partial charge in [-0.2, -0.15) is 0 Å². The third kappa shape index (κ3) is 2.92. The summed E-state index contributed by atoms with van der Waals surface area (Å²) in [5.41, 5.74) is 0.0275. The number of benzene rings is 1. The van der Waals surface area contributed by atoms with Crippen LogP contribution in [0.1, 0.15) is 55.8 Å². The third-order valence-corrected chi connectivity index (χ3v) is 6.99. The molecule has 1 aromatic rings. The molecule has 25 heavy (non-hydrogen) atoms. The van der Waals surface area contributed by atoms with Crippen LogP contribution in [0.25, 0.3) is 0 Å². The monoisotopic (exact) mass is 362 g/mol. The molecule has 4 fully saturated rings. The van der Waals surface area contributed by atoms with Crippen LogP contribution in [-0.2, 0) is 0 Å². The van der Waals surface area contributed by atoms with E-state index in [4.69, 9.17) is 11.6 Å². The molecule has 0 aliphatic heterocycles. The van der Waals surface area contributed by atoms with Gasteiger partial charge in [0, 0.05) is 17.1 Å². The van der Waals surface area contributed by atoms with Gasteiger partial charge >= 0.3 is 0 Å². The summed E-state index contributed by atoms with van der Waals surface area (Å²) in [5.74, 6) is 2.04. The minimum absolute atomic E-state index is 0.0312. The standard InChI is InChI=1S/C19H23ClN2O3/c1-11(19-8-12-4-13(9-19)6-14(5-12)10-19)21-18(23)16-3-2-15(20)7-17(16)22(24)25/h2-3,7,11-14H,4-6,8-10H2,1H3,(H,21,23)/t11-,12?,13?,14?,19?/m1/s1. The first-order valence-corrected chi connectivity index (χ1v) is 9.49. The zero-order chi connectivity index (χ0) is 17.8. The largest absolute Gasteiger partial charge is 0.349 e. The fourth-order valence-electron chi connectivity index (χ4n) is 5.98. The van der Waals surface area contributed by atoms with E-state index in [1.807, 2.05) is 0 Å². The van der Waals surface area contributed by atoms with Gasteiger partial charge in [-0.05, 0) is 80.8 Å². The Morgan fingerprint density at radius 1 is 1.24 bits per heavy atom. The minimum atomic E-state index is -0.545. The summed E-state index contributed by atoms with van der Waals surface area (Å²) in [5, 5.41) is 14.6. The van der Waals surface area contributed by atoms with Gasteiger partial charge in [0.15, 0.2) is 0 Å². The van der Waals surface area contributed by atoms with E-state index in [0.29, 0.717) is 0 Å². The van der Waals surface area contributed by atoms with E-state index in [9.17, 15) is 14.9 Å². The molecule has 0 spiro atoms. The number of nitrogens with zero attached hydrogens (tertiary/aromatic N) is 1. The Morgan fingerprint density at radius 2 is 1.80 bits per heavy atom. The van der Waals surface area contributed by atoms with Crippen molar-refractivity contribution in [3.8, 4) is 0 Å². The van der Waals surface area contributed by atoms with E-state index in [1.54, 1.807) is 0 Å². The first-order chi connectivity index (χ1) is 11.9. The Hall–Kier alpha value is -1.62. The second-order valence-electron chi connectivity index (χ2n) is 8.39. The highest BCUT2D eigenvalue weighted by Crippen LogP contribution is 2.61. The molecule has 0 unspecified atom stereocenters. The number of nitro groups is 1. The van der Waals surface area contributed by atoms with E-state index in [0.717, 1.165) is 17.8 Å². The van der Waals surface area contributed by atoms with Gasteiger partial charge in [-0.1, -0.05) is 11.6 Å². The molecule has 134 valence electrons. The van der Waals surface area contributed by atoms with Crippen molar-refractivity contribution in [1.82, 2.24) is 5.32 Å². The topological polar surface area (TPSA) is 72.2 Å². The zero-order valence-electron chi connectivity index (χ0n) is 14.3. The highest BCUT2D eigenvalue weighted by atomic mass is 35.5. The smallest absolute Gasteiger partial charge is 0.283 e. The number of carbonyl (C=O) groups excluding carboxylic acids is 1. The van der Waals surface area contributed by atoms with Crippen LogP contribution in [0.2, 0.25) is 5.02 Å². The van der Waals surface area contributed by atoms with E-state index < -0.39 is 4.92 Å². The van der Waals surface area contributed by atoms with Crippen LogP contribution >= 0.6 is 11.6 Å². The number of carbonyl (C=O) groups is 1. The molecule has 1 aromatic carbocycles. The SMILES string of the molecule is C[C@@H](NC(=O)c1ccc(Cl)cc1[N+](=O)[O-])C12CC3CC(CC(C3)C1)C2. The number of hydrogen-bond acceptors (Lipinski definition) is 3. The molecule has 0 aromatic heterocycles. The number of rotatable bonds is 4. The van der Waals surface area contributed by atoms with Crippen LogP contribution < -0.4 is 5.32 Å². The van der Waals surface area contributed by atoms with Crippen LogP contribution in [0.3, 0.4) is 0 Å². The first-order valence-electron chi connectivity index (χ1n) is 9.11. The highest BCUT2D eigenvalue weighted by molar-refractivity contribution is 6.31. The predicted molar refractivity (Wildman–Crippen MR) is 95.6 cm³/mol. The zero-order valence-corrected chi connectivity index (χ0v) is 15.1. The van der Waals surface area contributed by atoms with Crippen LogP contribution in [0.5, 0.6) is 0 Å². The molecular weight excluding hydrogens is 340 g/mol. The molecule has 1 atom stereocenters. The van der Waals surface area contributed by atoms with Crippen LogP contribution in [0.4, 0.5) is 5.69 Å². The molecule has 0 heterocycles. The molecule has 4 saturated carbocycles. The second kappa shape index (κ2) is 5.97. The summed E-state index contributed by atoms with van der Waals surface area (Å²) in [7, 11) is 0. The van der Waals surface area contributed by atoms with Crippen LogP contribution in [0.15, 0.2) is 18.2 Å². The summed E-state index contributed by atoms with van der Waals surface area (Å²) >= 11 is 5.85. The van der Waals surface area contributed by atoms with Crippen molar-refractivity contribution >= 4 is 23.2 Å². The molecule has 4 aliphatic rings. The maximum absolute atomic E-state index is 12.7. The number of halogens is 1. The lowest BCUT2D eigenvalue weighted by Crippen LogP contribution is -2.55. The lowest BCUT2D eigenvalue weighted by Gasteiger charge is -2.59. The lowest BCUT2D eigenvalue weighted by molar-refractivity contribution is -0.385. The van der Waals surface area contributed by atoms with E-state index >= 15 is 0 Å². The maximum atomic E-state index is 12.7. The van der Waals surface area contributed by atoms with Gasteiger partial charge in [-0.25, -0.2) is 0 Å². The molecule has 5 rings (SSSR count). The van der Waals surface area contributed by atoms with Gasteiger partial charge < -0.3 is 5.32 Å². The van der Waals surface area contributed by atoms with Gasteiger partial charge in [0.25, 0.3) is 11.6 Å². The second-order valence-corrected chi connectivity index (χ2v) is 8.83. The van der Waals surface area contributed by atoms with Gasteiger partial charge in [0.05, 0.1) is 4.92 Å². The summed E-state index contributed by atoms with van der Waals surface area (Å²) in [6.45, 7) is 2.08. The van der Waals surface area contributed by atoms with Crippen LogP contribution in [-0.4, -0.2) is 16.9 Å². The molecule has 4 aliphatic carbocycles. The van der Waals surface area contributed by atoms with Crippen molar-refractivity contribution in [3.05, 3.63) is 38.9 Å². The van der Waals surface area contributed by atoms with Gasteiger partial charge in [-0.15, -0.1) is 0 Å². The fraction of sp³-hybridized carbons (Fsp3) is 0.632. The Labute approximate surface area is 152 Å². The van der Waals surface area contributed by atoms with Crippen molar-refractivity contribution in [3.63, 3.8) is 0 Å². The summed E-state index contributed by atoms with van der Waals surface area (Å²) in [4.78, 5) is 23.4. The molecule has 4 bridgehead atoms. The van der Waals surface area contributed by atoms with Crippen molar-refractivity contribution in [2.45, 2.75) is 51.5 Å². The summed E-state index contributed by atoms with van der Waals surface area (Å²) in [6, 6.07) is 4.25. The molecule has 5 nitrogen and oxygen atoms in total. The Kier molecular flexibility index (Phi) is 4.02. The van der Waals surface area contributed by atoms with Crippen molar-refractivity contribution < 1.29 is 9.72 Å². The fourth-order valence-corrected chi connectivity index (χ4v) is 6.15. The first kappa shape index (κ1) is 16.8. The number of hydrogen-bond donors (Lipinski definition) is 1. The van der Waals surface area contributed by atoms with Crippen molar-refractivity contribution in [2.24, 2.45) is 23.2 Å². The van der Waals surface area contributed by atoms with Gasteiger partial charge in [0.2, 0.25) is 0 Å². The van der Waals surface area contributed by atoms with Gasteiger partial charge in [0.1, 0.15) is 5.56 Å². The highest BCUT2D eigenvalue weighted by Gasteiger charge is 2.53. The summed E-state index contributed by atoms with van der Waals surface area (Å²) in [6.07, 6.45) is 7.60. The van der Waals surface area contributed by atoms with Crippen molar-refractivity contribution in [2.75, 3.05) is 0 Å². The molecule has 6 heteroatoms. The lowest BCUT2D eigenvalue weighted by atomic mass is 9.48. The molecular formula is C19H23ClN2O3. The molecule has 1 N–H and O–H groups in total.